The Morgan fingerprint density at radius 2 is 1.75 bits per heavy atom. The number of nitrogens with zero attached hydrogens (tertiary/aromatic N) is 3. The predicted molar refractivity (Wildman–Crippen MR) is 133 cm³/mol. The normalized spacial score (nSPS) is 12.1. The molecule has 0 amide bonds. The van der Waals surface area contributed by atoms with Gasteiger partial charge in [-0.3, -0.25) is 0 Å². The number of benzene rings is 1. The summed E-state index contributed by atoms with van der Waals surface area (Å²) >= 11 is 18.2. The Kier molecular flexibility index (Phi) is 10.1. The average molecular weight is 541 g/mol. The first kappa shape index (κ1) is 27.1. The van der Waals surface area contributed by atoms with Crippen molar-refractivity contribution in [3.05, 3.63) is 39.6 Å². The molecule has 7 nitrogen and oxygen atoms in total. The molecule has 2 rings (SSSR count). The number of halogens is 3. The summed E-state index contributed by atoms with van der Waals surface area (Å²) in [5.41, 5.74) is 0. The number of hydrogen-bond acceptors (Lipinski definition) is 6. The molecule has 1 heterocycles. The molecule has 0 saturated heterocycles. The maximum atomic E-state index is 13.6. The quantitative estimate of drug-likeness (QED) is 0.183. The van der Waals surface area contributed by atoms with Gasteiger partial charge in [-0.1, -0.05) is 79.8 Å². The summed E-state index contributed by atoms with van der Waals surface area (Å²) < 4.78 is 39.2. The van der Waals surface area contributed by atoms with E-state index >= 15 is 0 Å². The van der Waals surface area contributed by atoms with Gasteiger partial charge in [0.25, 0.3) is 15.9 Å². The minimum Gasteiger partial charge on any atom is -0.478 e. The number of hydrogen-bond donors (Lipinski definition) is 0. The lowest BCUT2D eigenvalue weighted by atomic mass is 10.4. The van der Waals surface area contributed by atoms with Gasteiger partial charge >= 0.3 is 0 Å². The molecule has 0 radical (unpaired) electrons. The summed E-state index contributed by atoms with van der Waals surface area (Å²) in [6.45, 7) is 6.78. The molecule has 0 spiro atoms. The van der Waals surface area contributed by atoms with E-state index in [1.54, 1.807) is 0 Å². The zero-order valence-electron chi connectivity index (χ0n) is 18.6. The first-order chi connectivity index (χ1) is 15.2. The van der Waals surface area contributed by atoms with Gasteiger partial charge in [0, 0.05) is 6.61 Å². The molecule has 0 atom stereocenters. The van der Waals surface area contributed by atoms with Crippen LogP contribution in [0.15, 0.2) is 29.3 Å². The Hall–Kier alpha value is -1.10. The van der Waals surface area contributed by atoms with Crippen molar-refractivity contribution >= 4 is 58.7 Å². The maximum Gasteiger partial charge on any atom is 0.269 e. The summed E-state index contributed by atoms with van der Waals surface area (Å²) in [6.07, 6.45) is 1.24. The van der Waals surface area contributed by atoms with Crippen molar-refractivity contribution in [2.24, 2.45) is 0 Å². The van der Waals surface area contributed by atoms with Gasteiger partial charge in [-0.25, -0.2) is 17.7 Å². The molecule has 12 heteroatoms. The highest BCUT2D eigenvalue weighted by atomic mass is 35.5. The van der Waals surface area contributed by atoms with Crippen LogP contribution in [0.2, 0.25) is 39.4 Å². The highest BCUT2D eigenvalue weighted by Crippen LogP contribution is 2.35. The Balaban J connectivity index is 2.42. The molecule has 1 aromatic heterocycles. The van der Waals surface area contributed by atoms with Gasteiger partial charge in [0.05, 0.1) is 31.4 Å². The second-order valence-corrected chi connectivity index (χ2v) is 15.9. The molecular formula is C20H28Cl3N3O4SSi. The Labute approximate surface area is 206 Å². The third kappa shape index (κ3) is 6.06. The first-order valence-corrected chi connectivity index (χ1v) is 15.7. The summed E-state index contributed by atoms with van der Waals surface area (Å²) in [5.74, 6) is -0.111. The Morgan fingerprint density at radius 3 is 2.34 bits per heavy atom. The molecule has 0 N–H and O–H groups in total. The van der Waals surface area contributed by atoms with E-state index in [0.29, 0.717) is 6.61 Å². The average Bonchev–Trinajstić information content (AvgIpc) is 2.78. The Bertz CT molecular complexity index is 1010. The third-order valence-corrected chi connectivity index (χ3v) is 14.5. The van der Waals surface area contributed by atoms with Gasteiger partial charge in [-0.15, -0.1) is 0 Å². The van der Waals surface area contributed by atoms with Crippen molar-refractivity contribution in [1.29, 1.82) is 0 Å². The van der Waals surface area contributed by atoms with Crippen LogP contribution in [-0.4, -0.2) is 46.9 Å². The van der Waals surface area contributed by atoms with Gasteiger partial charge in [0.1, 0.15) is 11.6 Å². The largest absolute Gasteiger partial charge is 0.478 e. The highest BCUT2D eigenvalue weighted by molar-refractivity contribution is 7.93. The van der Waals surface area contributed by atoms with Crippen LogP contribution in [0.5, 0.6) is 5.88 Å². The van der Waals surface area contributed by atoms with Crippen LogP contribution >= 0.6 is 34.8 Å². The van der Waals surface area contributed by atoms with Crippen LogP contribution in [0, 0.1) is 0 Å². The standard InChI is InChI=1S/C20H28Cl3N3O4SSi/c1-5-32(6-2,7-3)12-11-30-14-26(19-20(29-4)25-17(22)13-24-19)31(27,28)16-10-8-9-15(21)18(16)23/h8-10,13H,5-7,11-12,14H2,1-4H3. The maximum absolute atomic E-state index is 13.6. The van der Waals surface area contributed by atoms with E-state index in [-0.39, 0.29) is 38.5 Å². The van der Waals surface area contributed by atoms with E-state index < -0.39 is 18.1 Å². The SMILES string of the molecule is CC[Si](CC)(CC)CCOCN(c1ncc(Cl)nc1OC)S(=O)(=O)c1cccc(Cl)c1Cl. The molecule has 0 bridgehead atoms. The third-order valence-electron chi connectivity index (χ3n) is 5.84. The van der Waals surface area contributed by atoms with Crippen molar-refractivity contribution in [2.45, 2.75) is 49.8 Å². The van der Waals surface area contributed by atoms with Crippen LogP contribution in [0.1, 0.15) is 20.8 Å². The van der Waals surface area contributed by atoms with Gasteiger partial charge < -0.3 is 9.47 Å². The summed E-state index contributed by atoms with van der Waals surface area (Å²) in [6, 6.07) is 8.78. The molecule has 2 aromatic rings. The van der Waals surface area contributed by atoms with E-state index in [9.17, 15) is 8.42 Å². The molecule has 178 valence electrons. The molecule has 0 saturated carbocycles. The van der Waals surface area contributed by atoms with Crippen LogP contribution in [0.3, 0.4) is 0 Å². The van der Waals surface area contributed by atoms with Gasteiger partial charge in [-0.05, 0) is 18.2 Å². The number of ether oxygens (including phenoxy) is 2. The number of anilines is 1. The monoisotopic (exact) mass is 539 g/mol. The number of aromatic nitrogens is 2. The van der Waals surface area contributed by atoms with Crippen molar-refractivity contribution in [2.75, 3.05) is 24.8 Å². The second kappa shape index (κ2) is 11.9. The van der Waals surface area contributed by atoms with Gasteiger partial charge in [0.15, 0.2) is 5.15 Å². The minimum atomic E-state index is -4.21. The smallest absolute Gasteiger partial charge is 0.269 e. The van der Waals surface area contributed by atoms with Crippen LogP contribution < -0.4 is 9.04 Å². The van der Waals surface area contributed by atoms with Crippen molar-refractivity contribution < 1.29 is 17.9 Å². The van der Waals surface area contributed by atoms with E-state index in [1.807, 2.05) is 0 Å². The molecule has 0 fully saturated rings. The minimum absolute atomic E-state index is 0.0535. The fourth-order valence-electron chi connectivity index (χ4n) is 3.42. The van der Waals surface area contributed by atoms with E-state index in [0.717, 1.165) is 28.5 Å². The highest BCUT2D eigenvalue weighted by Gasteiger charge is 2.33. The van der Waals surface area contributed by atoms with Gasteiger partial charge in [-0.2, -0.15) is 4.98 Å². The van der Waals surface area contributed by atoms with Gasteiger partial charge in [0.2, 0.25) is 5.82 Å². The van der Waals surface area contributed by atoms with Crippen LogP contribution in [0.4, 0.5) is 5.82 Å². The van der Waals surface area contributed by atoms with Crippen molar-refractivity contribution in [3.63, 3.8) is 0 Å². The molecule has 0 unspecified atom stereocenters. The van der Waals surface area contributed by atoms with Crippen molar-refractivity contribution in [1.82, 2.24) is 9.97 Å². The van der Waals surface area contributed by atoms with Crippen molar-refractivity contribution in [3.8, 4) is 5.88 Å². The lowest BCUT2D eigenvalue weighted by Gasteiger charge is -2.29. The van der Waals surface area contributed by atoms with E-state index in [2.05, 4.69) is 30.7 Å². The lowest BCUT2D eigenvalue weighted by molar-refractivity contribution is 0.155. The van der Waals surface area contributed by atoms with Crippen LogP contribution in [0.25, 0.3) is 0 Å². The molecule has 0 aliphatic carbocycles. The second-order valence-electron chi connectivity index (χ2n) is 7.28. The first-order valence-electron chi connectivity index (χ1n) is 10.3. The summed E-state index contributed by atoms with van der Waals surface area (Å²) in [4.78, 5) is 8.01. The zero-order valence-corrected chi connectivity index (χ0v) is 22.7. The predicted octanol–water partition coefficient (Wildman–Crippen LogP) is 6.12. The fourth-order valence-corrected chi connectivity index (χ4v) is 8.72. The summed E-state index contributed by atoms with van der Waals surface area (Å²) in [7, 11) is -4.28. The number of rotatable bonds is 12. The number of sulfonamides is 1. The molecule has 32 heavy (non-hydrogen) atoms. The molecular weight excluding hydrogens is 513 g/mol. The Morgan fingerprint density at radius 1 is 1.09 bits per heavy atom. The fraction of sp³-hybridized carbons (Fsp3) is 0.500. The van der Waals surface area contributed by atoms with E-state index in [1.165, 1.54) is 31.5 Å². The molecule has 0 aliphatic rings. The molecule has 1 aromatic carbocycles. The van der Waals surface area contributed by atoms with E-state index in [4.69, 9.17) is 44.3 Å². The summed E-state index contributed by atoms with van der Waals surface area (Å²) in [5, 5.41) is 0.0936. The zero-order chi connectivity index (χ0) is 23.9. The topological polar surface area (TPSA) is 81.6 Å². The lowest BCUT2D eigenvalue weighted by Crippen LogP contribution is -2.36. The number of methoxy groups -OCH3 is 1. The van der Waals surface area contributed by atoms with Crippen LogP contribution in [-0.2, 0) is 14.8 Å². The molecule has 0 aliphatic heterocycles.